The van der Waals surface area contributed by atoms with E-state index in [1.165, 1.54) is 12.8 Å². The molecule has 1 aromatic heterocycles. The quantitative estimate of drug-likeness (QED) is 0.856. The summed E-state index contributed by atoms with van der Waals surface area (Å²) in [5.41, 5.74) is 0.524. The Balaban J connectivity index is 2.05. The molecule has 0 radical (unpaired) electrons. The van der Waals surface area contributed by atoms with Crippen molar-refractivity contribution in [2.45, 2.75) is 39.2 Å². The molecular formula is C15H23N3O. The molecule has 1 atom stereocenters. The van der Waals surface area contributed by atoms with Gasteiger partial charge in [-0.15, -0.1) is 0 Å². The van der Waals surface area contributed by atoms with Gasteiger partial charge in [-0.1, -0.05) is 13.0 Å². The third kappa shape index (κ3) is 3.46. The number of pyridine rings is 1. The summed E-state index contributed by atoms with van der Waals surface area (Å²) in [6.07, 6.45) is 3.52. The topological polar surface area (TPSA) is 45.2 Å². The number of carbonyl (C=O) groups is 1. The van der Waals surface area contributed by atoms with E-state index in [2.05, 4.69) is 24.1 Å². The lowest BCUT2D eigenvalue weighted by atomic mass is 10.2. The number of anilines is 1. The average Bonchev–Trinajstić information content (AvgIpc) is 3.27. The first-order valence-electron chi connectivity index (χ1n) is 7.11. The SMILES string of the molecule is CCCNc1cccc(C(=O)N(C)C(C)C2CC2)n1. The summed E-state index contributed by atoms with van der Waals surface area (Å²) < 4.78 is 0. The smallest absolute Gasteiger partial charge is 0.272 e. The van der Waals surface area contributed by atoms with Crippen molar-refractivity contribution in [1.82, 2.24) is 9.88 Å². The fraction of sp³-hybridized carbons (Fsp3) is 0.600. The molecule has 0 aliphatic heterocycles. The van der Waals surface area contributed by atoms with Gasteiger partial charge in [0.1, 0.15) is 11.5 Å². The highest BCUT2D eigenvalue weighted by Crippen LogP contribution is 2.34. The van der Waals surface area contributed by atoms with Gasteiger partial charge >= 0.3 is 0 Å². The molecule has 1 aliphatic carbocycles. The number of amides is 1. The molecule has 2 rings (SSSR count). The molecule has 4 heteroatoms. The van der Waals surface area contributed by atoms with Gasteiger partial charge in [-0.3, -0.25) is 4.79 Å². The summed E-state index contributed by atoms with van der Waals surface area (Å²) in [5, 5.41) is 3.21. The Morgan fingerprint density at radius 1 is 1.53 bits per heavy atom. The van der Waals surface area contributed by atoms with Crippen LogP contribution in [0.2, 0.25) is 0 Å². The Morgan fingerprint density at radius 2 is 2.26 bits per heavy atom. The zero-order chi connectivity index (χ0) is 13.8. The normalized spacial score (nSPS) is 15.9. The predicted octanol–water partition coefficient (Wildman–Crippen LogP) is 2.77. The van der Waals surface area contributed by atoms with Crippen LogP contribution in [0.25, 0.3) is 0 Å². The van der Waals surface area contributed by atoms with E-state index in [1.54, 1.807) is 6.07 Å². The summed E-state index contributed by atoms with van der Waals surface area (Å²) in [6.45, 7) is 5.10. The van der Waals surface area contributed by atoms with Crippen LogP contribution >= 0.6 is 0 Å². The highest BCUT2D eigenvalue weighted by atomic mass is 16.2. The molecule has 1 aromatic rings. The molecule has 1 fully saturated rings. The lowest BCUT2D eigenvalue weighted by molar-refractivity contribution is 0.0721. The number of carbonyl (C=O) groups excluding carboxylic acids is 1. The van der Waals surface area contributed by atoms with Gasteiger partial charge in [0, 0.05) is 19.6 Å². The Labute approximate surface area is 115 Å². The minimum absolute atomic E-state index is 0.0135. The number of hydrogen-bond acceptors (Lipinski definition) is 3. The van der Waals surface area contributed by atoms with Crippen molar-refractivity contribution in [2.24, 2.45) is 5.92 Å². The van der Waals surface area contributed by atoms with E-state index in [4.69, 9.17) is 0 Å². The van der Waals surface area contributed by atoms with Crippen LogP contribution in [0.4, 0.5) is 5.82 Å². The molecule has 0 spiro atoms. The van der Waals surface area contributed by atoms with Crippen LogP contribution in [-0.4, -0.2) is 35.4 Å². The van der Waals surface area contributed by atoms with Crippen molar-refractivity contribution in [3.05, 3.63) is 23.9 Å². The van der Waals surface area contributed by atoms with Crippen molar-refractivity contribution in [3.8, 4) is 0 Å². The van der Waals surface area contributed by atoms with Crippen LogP contribution < -0.4 is 5.32 Å². The van der Waals surface area contributed by atoms with Crippen LogP contribution in [0.1, 0.15) is 43.6 Å². The van der Waals surface area contributed by atoms with Gasteiger partial charge in [0.05, 0.1) is 0 Å². The summed E-state index contributed by atoms with van der Waals surface area (Å²) in [6, 6.07) is 5.88. The van der Waals surface area contributed by atoms with Crippen LogP contribution in [-0.2, 0) is 0 Å². The summed E-state index contributed by atoms with van der Waals surface area (Å²) in [7, 11) is 1.87. The van der Waals surface area contributed by atoms with Crippen LogP contribution in [0.15, 0.2) is 18.2 Å². The maximum Gasteiger partial charge on any atom is 0.272 e. The van der Waals surface area contributed by atoms with Gasteiger partial charge in [0.15, 0.2) is 0 Å². The molecule has 1 aliphatic rings. The molecule has 4 nitrogen and oxygen atoms in total. The van der Waals surface area contributed by atoms with E-state index in [0.29, 0.717) is 17.7 Å². The number of aromatic nitrogens is 1. The Hall–Kier alpha value is -1.58. The van der Waals surface area contributed by atoms with Crippen LogP contribution in [0.3, 0.4) is 0 Å². The van der Waals surface area contributed by atoms with E-state index in [1.807, 2.05) is 24.1 Å². The fourth-order valence-electron chi connectivity index (χ4n) is 2.17. The van der Waals surface area contributed by atoms with E-state index in [-0.39, 0.29) is 5.91 Å². The highest BCUT2D eigenvalue weighted by molar-refractivity contribution is 5.92. The van der Waals surface area contributed by atoms with Crippen molar-refractivity contribution in [2.75, 3.05) is 18.9 Å². The molecule has 1 heterocycles. The molecule has 1 saturated carbocycles. The molecule has 0 bridgehead atoms. The minimum atomic E-state index is 0.0135. The van der Waals surface area contributed by atoms with E-state index >= 15 is 0 Å². The molecular weight excluding hydrogens is 238 g/mol. The van der Waals surface area contributed by atoms with Gasteiger partial charge < -0.3 is 10.2 Å². The van der Waals surface area contributed by atoms with Gasteiger partial charge in [-0.25, -0.2) is 4.98 Å². The third-order valence-corrected chi connectivity index (χ3v) is 3.76. The van der Waals surface area contributed by atoms with Crippen LogP contribution in [0, 0.1) is 5.92 Å². The van der Waals surface area contributed by atoms with Crippen LogP contribution in [0.5, 0.6) is 0 Å². The van der Waals surface area contributed by atoms with Crippen molar-refractivity contribution < 1.29 is 4.79 Å². The minimum Gasteiger partial charge on any atom is -0.370 e. The second kappa shape index (κ2) is 6.04. The predicted molar refractivity (Wildman–Crippen MR) is 77.3 cm³/mol. The lowest BCUT2D eigenvalue weighted by Crippen LogP contribution is -2.36. The summed E-state index contributed by atoms with van der Waals surface area (Å²) >= 11 is 0. The van der Waals surface area contributed by atoms with E-state index in [9.17, 15) is 4.79 Å². The van der Waals surface area contributed by atoms with Gasteiger partial charge in [0.25, 0.3) is 5.91 Å². The Kier molecular flexibility index (Phi) is 4.40. The number of rotatable bonds is 6. The molecule has 104 valence electrons. The van der Waals surface area contributed by atoms with E-state index < -0.39 is 0 Å². The Morgan fingerprint density at radius 3 is 2.89 bits per heavy atom. The number of nitrogens with zero attached hydrogens (tertiary/aromatic N) is 2. The molecule has 19 heavy (non-hydrogen) atoms. The molecule has 0 saturated heterocycles. The first-order valence-corrected chi connectivity index (χ1v) is 7.11. The first kappa shape index (κ1) is 13.8. The Bertz CT molecular complexity index is 443. The maximum absolute atomic E-state index is 12.4. The molecule has 1 N–H and O–H groups in total. The van der Waals surface area contributed by atoms with Crippen molar-refractivity contribution >= 4 is 11.7 Å². The zero-order valence-electron chi connectivity index (χ0n) is 12.0. The standard InChI is InChI=1S/C15H23N3O/c1-4-10-16-14-7-5-6-13(17-14)15(19)18(3)11(2)12-8-9-12/h5-7,11-12H,4,8-10H2,1-3H3,(H,16,17). The van der Waals surface area contributed by atoms with Gasteiger partial charge in [-0.05, 0) is 44.2 Å². The summed E-state index contributed by atoms with van der Waals surface area (Å²) in [5.74, 6) is 1.47. The van der Waals surface area contributed by atoms with Gasteiger partial charge in [0.2, 0.25) is 0 Å². The zero-order valence-corrected chi connectivity index (χ0v) is 12.0. The number of nitrogens with one attached hydrogen (secondary N) is 1. The highest BCUT2D eigenvalue weighted by Gasteiger charge is 2.33. The second-order valence-corrected chi connectivity index (χ2v) is 5.33. The largest absolute Gasteiger partial charge is 0.370 e. The lowest BCUT2D eigenvalue weighted by Gasteiger charge is -2.24. The molecule has 0 aromatic carbocycles. The fourth-order valence-corrected chi connectivity index (χ4v) is 2.17. The average molecular weight is 261 g/mol. The molecule has 1 unspecified atom stereocenters. The monoisotopic (exact) mass is 261 g/mol. The maximum atomic E-state index is 12.4. The van der Waals surface area contributed by atoms with Gasteiger partial charge in [-0.2, -0.15) is 0 Å². The van der Waals surface area contributed by atoms with E-state index in [0.717, 1.165) is 18.8 Å². The third-order valence-electron chi connectivity index (χ3n) is 3.76. The first-order chi connectivity index (χ1) is 9.13. The molecule has 1 amide bonds. The number of hydrogen-bond donors (Lipinski definition) is 1. The summed E-state index contributed by atoms with van der Waals surface area (Å²) in [4.78, 5) is 18.6. The second-order valence-electron chi connectivity index (χ2n) is 5.33. The van der Waals surface area contributed by atoms with Crippen molar-refractivity contribution in [1.29, 1.82) is 0 Å². The van der Waals surface area contributed by atoms with Crippen molar-refractivity contribution in [3.63, 3.8) is 0 Å².